The van der Waals surface area contributed by atoms with Crippen molar-refractivity contribution in [3.8, 4) is 11.3 Å². The molecule has 1 amide bonds. The minimum Gasteiger partial charge on any atom is -0.358 e. The number of hydrogen-bond acceptors (Lipinski definition) is 5. The smallest absolute Gasteiger partial charge is 0.232 e. The largest absolute Gasteiger partial charge is 0.358 e. The summed E-state index contributed by atoms with van der Waals surface area (Å²) in [5.41, 5.74) is 4.93. The molecule has 4 heterocycles. The third kappa shape index (κ3) is 2.90. The van der Waals surface area contributed by atoms with Crippen molar-refractivity contribution in [2.24, 2.45) is 0 Å². The van der Waals surface area contributed by atoms with Crippen LogP contribution in [0.2, 0.25) is 0 Å². The van der Waals surface area contributed by atoms with Crippen molar-refractivity contribution in [3.05, 3.63) is 58.3 Å². The Labute approximate surface area is 168 Å². The summed E-state index contributed by atoms with van der Waals surface area (Å²) in [6, 6.07) is 8.20. The Morgan fingerprint density at radius 3 is 2.96 bits per heavy atom. The van der Waals surface area contributed by atoms with Gasteiger partial charge in [-0.05, 0) is 19.9 Å². The number of aromatic amines is 1. The van der Waals surface area contributed by atoms with E-state index >= 15 is 0 Å². The van der Waals surface area contributed by atoms with Crippen molar-refractivity contribution in [3.63, 3.8) is 0 Å². The number of fused-ring (bicyclic) bond motifs is 2. The fourth-order valence-corrected chi connectivity index (χ4v) is 5.01. The summed E-state index contributed by atoms with van der Waals surface area (Å²) in [4.78, 5) is 27.0. The number of aryl methyl sites for hydroxylation is 2. The normalized spacial score (nSPS) is 11.5. The van der Waals surface area contributed by atoms with Gasteiger partial charge in [-0.15, -0.1) is 22.7 Å². The molecule has 5 aromatic rings. The van der Waals surface area contributed by atoms with Crippen molar-refractivity contribution < 1.29 is 4.79 Å². The molecule has 0 fully saturated rings. The average Bonchev–Trinajstić information content (AvgIpc) is 3.37. The highest BCUT2D eigenvalue weighted by atomic mass is 32.1. The number of nitrogens with zero attached hydrogens (tertiary/aromatic N) is 3. The van der Waals surface area contributed by atoms with Crippen LogP contribution in [0.15, 0.2) is 42.0 Å². The number of H-pyrrole nitrogens is 1. The Kier molecular flexibility index (Phi) is 4.03. The minimum atomic E-state index is -0.110. The van der Waals surface area contributed by atoms with Gasteiger partial charge in [0.05, 0.1) is 17.8 Å². The quantitative estimate of drug-likeness (QED) is 0.449. The van der Waals surface area contributed by atoms with E-state index in [4.69, 9.17) is 4.98 Å². The number of anilines is 1. The maximum atomic E-state index is 12.5. The van der Waals surface area contributed by atoms with Crippen LogP contribution < -0.4 is 5.32 Å². The lowest BCUT2D eigenvalue weighted by Gasteiger charge is -2.00. The van der Waals surface area contributed by atoms with Crippen LogP contribution in [0.25, 0.3) is 27.1 Å². The summed E-state index contributed by atoms with van der Waals surface area (Å²) in [6.45, 7) is 4.09. The standard InChI is InChI=1S/C20H17N5OS2/c1-11-17(14-5-3-4-6-15(14)21-11)18-12(2)28-19(24-18)23-16(26)9-13-10-25-7-8-27-20(25)22-13/h3-8,10,21H,9H2,1-2H3,(H,23,24,26). The number of rotatable bonds is 4. The second-order valence-corrected chi connectivity index (χ2v) is 8.72. The summed E-state index contributed by atoms with van der Waals surface area (Å²) in [6.07, 6.45) is 4.06. The van der Waals surface area contributed by atoms with E-state index in [0.29, 0.717) is 5.13 Å². The van der Waals surface area contributed by atoms with E-state index in [2.05, 4.69) is 34.3 Å². The van der Waals surface area contributed by atoms with E-state index in [1.54, 1.807) is 11.3 Å². The van der Waals surface area contributed by atoms with Gasteiger partial charge in [-0.2, -0.15) is 0 Å². The van der Waals surface area contributed by atoms with E-state index < -0.39 is 0 Å². The molecule has 0 aliphatic heterocycles. The number of para-hydroxylation sites is 1. The van der Waals surface area contributed by atoms with Crippen LogP contribution in [0.1, 0.15) is 16.3 Å². The van der Waals surface area contributed by atoms with Crippen LogP contribution in [0.3, 0.4) is 0 Å². The van der Waals surface area contributed by atoms with Crippen molar-refractivity contribution in [2.45, 2.75) is 20.3 Å². The van der Waals surface area contributed by atoms with Gasteiger partial charge in [0.2, 0.25) is 5.91 Å². The van der Waals surface area contributed by atoms with Gasteiger partial charge < -0.3 is 10.3 Å². The summed E-state index contributed by atoms with van der Waals surface area (Å²) in [5, 5.41) is 6.66. The van der Waals surface area contributed by atoms with Gasteiger partial charge in [0.15, 0.2) is 10.1 Å². The molecule has 0 aliphatic rings. The SMILES string of the molecule is Cc1[nH]c2ccccc2c1-c1nc(NC(=O)Cc2cn3ccsc3n2)sc1C. The van der Waals surface area contributed by atoms with Gasteiger partial charge in [-0.1, -0.05) is 18.2 Å². The Hall–Kier alpha value is -2.97. The van der Waals surface area contributed by atoms with Crippen LogP contribution in [0.4, 0.5) is 5.13 Å². The number of nitrogens with one attached hydrogen (secondary N) is 2. The molecule has 0 radical (unpaired) electrons. The predicted molar refractivity (Wildman–Crippen MR) is 114 cm³/mol. The third-order valence-corrected chi connectivity index (χ3v) is 6.32. The Balaban J connectivity index is 1.40. The second-order valence-electron chi connectivity index (χ2n) is 6.64. The van der Waals surface area contributed by atoms with Gasteiger partial charge in [-0.25, -0.2) is 9.97 Å². The first-order valence-electron chi connectivity index (χ1n) is 8.84. The van der Waals surface area contributed by atoms with E-state index in [1.807, 2.05) is 41.2 Å². The molecule has 0 unspecified atom stereocenters. The number of carbonyl (C=O) groups excluding carboxylic acids is 1. The Bertz CT molecular complexity index is 1290. The monoisotopic (exact) mass is 407 g/mol. The molecule has 4 aromatic heterocycles. The predicted octanol–water partition coefficient (Wildman–Crippen LogP) is 4.80. The lowest BCUT2D eigenvalue weighted by atomic mass is 10.1. The number of hydrogen-bond donors (Lipinski definition) is 2. The molecule has 5 rings (SSSR count). The molecule has 1 aromatic carbocycles. The van der Waals surface area contributed by atoms with Crippen molar-refractivity contribution in [1.29, 1.82) is 0 Å². The first-order chi connectivity index (χ1) is 13.6. The van der Waals surface area contributed by atoms with Gasteiger partial charge in [0.1, 0.15) is 0 Å². The Morgan fingerprint density at radius 1 is 1.25 bits per heavy atom. The van der Waals surface area contributed by atoms with Crippen LogP contribution in [-0.4, -0.2) is 25.3 Å². The molecule has 0 spiro atoms. The van der Waals surface area contributed by atoms with Crippen LogP contribution in [-0.2, 0) is 11.2 Å². The van der Waals surface area contributed by atoms with E-state index in [1.165, 1.54) is 11.3 Å². The van der Waals surface area contributed by atoms with E-state index in [0.717, 1.165) is 43.4 Å². The highest BCUT2D eigenvalue weighted by Gasteiger charge is 2.18. The van der Waals surface area contributed by atoms with Gasteiger partial charge in [-0.3, -0.25) is 9.20 Å². The Morgan fingerprint density at radius 2 is 2.11 bits per heavy atom. The number of benzene rings is 1. The fraction of sp³-hybridized carbons (Fsp3) is 0.150. The lowest BCUT2D eigenvalue weighted by molar-refractivity contribution is -0.115. The van der Waals surface area contributed by atoms with Crippen LogP contribution in [0, 0.1) is 13.8 Å². The molecule has 0 aliphatic carbocycles. The average molecular weight is 408 g/mol. The molecule has 0 saturated heterocycles. The molecule has 8 heteroatoms. The number of amides is 1. The van der Waals surface area contributed by atoms with Crippen molar-refractivity contribution >= 4 is 49.6 Å². The second kappa shape index (κ2) is 6.57. The zero-order chi connectivity index (χ0) is 19.3. The molecule has 0 saturated carbocycles. The number of thiazole rings is 2. The third-order valence-electron chi connectivity index (χ3n) is 4.66. The van der Waals surface area contributed by atoms with Gasteiger partial charge >= 0.3 is 0 Å². The molecule has 0 bridgehead atoms. The summed E-state index contributed by atoms with van der Waals surface area (Å²) in [5.74, 6) is -0.110. The summed E-state index contributed by atoms with van der Waals surface area (Å²) >= 11 is 3.05. The van der Waals surface area contributed by atoms with Crippen LogP contribution in [0.5, 0.6) is 0 Å². The molecule has 6 nitrogen and oxygen atoms in total. The number of imidazole rings is 1. The van der Waals surface area contributed by atoms with E-state index in [-0.39, 0.29) is 12.3 Å². The zero-order valence-corrected chi connectivity index (χ0v) is 16.9. The molecule has 0 atom stereocenters. The van der Waals surface area contributed by atoms with Crippen molar-refractivity contribution in [2.75, 3.05) is 5.32 Å². The summed E-state index contributed by atoms with van der Waals surface area (Å²) < 4.78 is 1.93. The highest BCUT2D eigenvalue weighted by Crippen LogP contribution is 2.37. The van der Waals surface area contributed by atoms with Gasteiger partial charge in [0.25, 0.3) is 0 Å². The first kappa shape index (κ1) is 17.2. The van der Waals surface area contributed by atoms with Crippen molar-refractivity contribution in [1.82, 2.24) is 19.4 Å². The number of carbonyl (C=O) groups is 1. The number of aromatic nitrogens is 4. The highest BCUT2D eigenvalue weighted by molar-refractivity contribution is 7.16. The van der Waals surface area contributed by atoms with E-state index in [9.17, 15) is 4.79 Å². The lowest BCUT2D eigenvalue weighted by Crippen LogP contribution is -2.14. The maximum Gasteiger partial charge on any atom is 0.232 e. The maximum absolute atomic E-state index is 12.5. The molecule has 2 N–H and O–H groups in total. The molecular formula is C20H17N5OS2. The molecular weight excluding hydrogens is 390 g/mol. The first-order valence-corrected chi connectivity index (χ1v) is 10.5. The molecule has 140 valence electrons. The zero-order valence-electron chi connectivity index (χ0n) is 15.3. The summed E-state index contributed by atoms with van der Waals surface area (Å²) in [7, 11) is 0. The van der Waals surface area contributed by atoms with Crippen LogP contribution >= 0.6 is 22.7 Å². The molecule has 28 heavy (non-hydrogen) atoms. The topological polar surface area (TPSA) is 75.1 Å². The fourth-order valence-electron chi connectivity index (χ4n) is 3.45. The minimum absolute atomic E-state index is 0.110. The van der Waals surface area contributed by atoms with Gasteiger partial charge in [0, 0.05) is 44.8 Å².